The van der Waals surface area contributed by atoms with Gasteiger partial charge in [-0.25, -0.2) is 0 Å². The molecule has 0 fully saturated rings. The van der Waals surface area contributed by atoms with E-state index in [1.54, 1.807) is 18.2 Å². The van der Waals surface area contributed by atoms with Crippen molar-refractivity contribution >= 4 is 13.8 Å². The topological polar surface area (TPSA) is 43.1 Å². The molecule has 16 heavy (non-hydrogen) atoms. The van der Waals surface area contributed by atoms with Crippen LogP contribution in [-0.2, 0) is 6.42 Å². The van der Waals surface area contributed by atoms with E-state index >= 15 is 0 Å². The molecule has 0 amide bonds. The Kier molecular flexibility index (Phi) is 3.86. The Morgan fingerprint density at radius 3 is 2.50 bits per heavy atom. The molecule has 1 rings (SSSR count). The van der Waals surface area contributed by atoms with Crippen molar-refractivity contribution in [3.05, 3.63) is 39.9 Å². The number of nitrogens with zero attached hydrogens (tertiary/aromatic N) is 1. The lowest BCUT2D eigenvalue weighted by Gasteiger charge is -2.03. The molecule has 0 radical (unpaired) electrons. The zero-order valence-electron chi connectivity index (χ0n) is 9.78. The van der Waals surface area contributed by atoms with Gasteiger partial charge >= 0.3 is 0 Å². The molecule has 0 unspecified atom stereocenters. The lowest BCUT2D eigenvalue weighted by Crippen LogP contribution is -2.16. The molecule has 4 heteroatoms. The van der Waals surface area contributed by atoms with Crippen molar-refractivity contribution in [2.75, 3.05) is 0 Å². The highest BCUT2D eigenvalue weighted by Gasteiger charge is 2.11. The van der Waals surface area contributed by atoms with E-state index in [0.29, 0.717) is 12.0 Å². The van der Waals surface area contributed by atoms with Gasteiger partial charge in [0, 0.05) is 18.1 Å². The molecular weight excluding hydrogens is 218 g/mol. The smallest absolute Gasteiger partial charge is 0.258 e. The Bertz CT molecular complexity index is 452. The van der Waals surface area contributed by atoms with E-state index < -0.39 is 8.07 Å². The van der Waals surface area contributed by atoms with Crippen LogP contribution >= 0.6 is 0 Å². The van der Waals surface area contributed by atoms with Crippen LogP contribution in [0.2, 0.25) is 19.6 Å². The number of nitro groups is 1. The summed E-state index contributed by atoms with van der Waals surface area (Å²) in [6.07, 6.45) is 0.460. The van der Waals surface area contributed by atoms with Crippen molar-refractivity contribution in [2.45, 2.75) is 26.1 Å². The Balaban J connectivity index is 2.89. The number of para-hydroxylation sites is 1. The highest BCUT2D eigenvalue weighted by molar-refractivity contribution is 6.83. The van der Waals surface area contributed by atoms with Gasteiger partial charge in [0.2, 0.25) is 0 Å². The number of hydrogen-bond acceptors (Lipinski definition) is 2. The summed E-state index contributed by atoms with van der Waals surface area (Å²) < 4.78 is 0. The first-order valence-corrected chi connectivity index (χ1v) is 8.62. The second-order valence-electron chi connectivity index (χ2n) is 4.61. The average molecular weight is 233 g/mol. The van der Waals surface area contributed by atoms with Gasteiger partial charge in [-0.05, 0) is 0 Å². The normalized spacial score (nSPS) is 10.4. The molecule has 84 valence electrons. The predicted molar refractivity (Wildman–Crippen MR) is 67.9 cm³/mol. The Morgan fingerprint density at radius 1 is 1.31 bits per heavy atom. The molecule has 0 aliphatic carbocycles. The molecule has 0 atom stereocenters. The number of benzene rings is 1. The van der Waals surface area contributed by atoms with Crippen LogP contribution in [0.15, 0.2) is 24.3 Å². The first kappa shape index (κ1) is 12.5. The molecule has 0 saturated carbocycles. The molecular formula is C12H15NO2Si. The molecule has 0 spiro atoms. The minimum atomic E-state index is -1.39. The summed E-state index contributed by atoms with van der Waals surface area (Å²) in [7, 11) is -1.39. The number of hydrogen-bond donors (Lipinski definition) is 0. The third kappa shape index (κ3) is 3.87. The van der Waals surface area contributed by atoms with Crippen molar-refractivity contribution in [3.8, 4) is 11.5 Å². The minimum absolute atomic E-state index is 0.160. The second kappa shape index (κ2) is 4.95. The third-order valence-electron chi connectivity index (χ3n) is 1.93. The summed E-state index contributed by atoms with van der Waals surface area (Å²) >= 11 is 0. The largest absolute Gasteiger partial charge is 0.273 e. The monoisotopic (exact) mass is 233 g/mol. The Hall–Kier alpha value is -1.60. The fourth-order valence-electron chi connectivity index (χ4n) is 1.24. The maximum Gasteiger partial charge on any atom is 0.273 e. The van der Waals surface area contributed by atoms with Crippen LogP contribution in [0.3, 0.4) is 0 Å². The van der Waals surface area contributed by atoms with Crippen LogP contribution in [0.5, 0.6) is 0 Å². The van der Waals surface area contributed by atoms with E-state index in [1.807, 2.05) is 0 Å². The third-order valence-corrected chi connectivity index (χ3v) is 2.86. The van der Waals surface area contributed by atoms with Gasteiger partial charge in [-0.1, -0.05) is 37.8 Å². The fraction of sp³-hybridized carbons (Fsp3) is 0.333. The lowest BCUT2D eigenvalue weighted by atomic mass is 10.1. The Labute approximate surface area is 96.7 Å². The lowest BCUT2D eigenvalue weighted by molar-refractivity contribution is -0.385. The van der Waals surface area contributed by atoms with Gasteiger partial charge < -0.3 is 0 Å². The van der Waals surface area contributed by atoms with Gasteiger partial charge in [0.25, 0.3) is 5.69 Å². The zero-order valence-corrected chi connectivity index (χ0v) is 10.8. The van der Waals surface area contributed by atoms with Crippen molar-refractivity contribution in [1.82, 2.24) is 0 Å². The van der Waals surface area contributed by atoms with Crippen LogP contribution in [-0.4, -0.2) is 13.0 Å². The zero-order chi connectivity index (χ0) is 12.2. The van der Waals surface area contributed by atoms with Crippen LogP contribution in [0.4, 0.5) is 5.69 Å². The van der Waals surface area contributed by atoms with Crippen LogP contribution in [0.25, 0.3) is 0 Å². The summed E-state index contributed by atoms with van der Waals surface area (Å²) in [5, 5.41) is 10.7. The summed E-state index contributed by atoms with van der Waals surface area (Å²) in [6.45, 7) is 6.46. The molecule has 0 aliphatic heterocycles. The molecule has 0 saturated heterocycles. The van der Waals surface area contributed by atoms with Gasteiger partial charge in [-0.3, -0.25) is 10.1 Å². The molecule has 0 bridgehead atoms. The van der Waals surface area contributed by atoms with Gasteiger partial charge in [-0.15, -0.1) is 11.5 Å². The van der Waals surface area contributed by atoms with E-state index in [-0.39, 0.29) is 10.6 Å². The first-order valence-electron chi connectivity index (χ1n) is 5.12. The highest BCUT2D eigenvalue weighted by atomic mass is 28.3. The van der Waals surface area contributed by atoms with Gasteiger partial charge in [0.1, 0.15) is 8.07 Å². The van der Waals surface area contributed by atoms with E-state index in [4.69, 9.17) is 0 Å². The highest BCUT2D eigenvalue weighted by Crippen LogP contribution is 2.17. The van der Waals surface area contributed by atoms with Crippen LogP contribution in [0, 0.1) is 21.6 Å². The Morgan fingerprint density at radius 2 is 1.94 bits per heavy atom. The molecule has 0 aromatic heterocycles. The average Bonchev–Trinajstić information content (AvgIpc) is 2.16. The van der Waals surface area contributed by atoms with Gasteiger partial charge in [0.05, 0.1) is 4.92 Å². The predicted octanol–water partition coefficient (Wildman–Crippen LogP) is 3.02. The molecule has 0 aliphatic rings. The summed E-state index contributed by atoms with van der Waals surface area (Å²) in [5.74, 6) is 3.04. The van der Waals surface area contributed by atoms with Crippen molar-refractivity contribution < 1.29 is 4.92 Å². The van der Waals surface area contributed by atoms with E-state index in [0.717, 1.165) is 0 Å². The summed E-state index contributed by atoms with van der Waals surface area (Å²) in [4.78, 5) is 10.4. The van der Waals surface area contributed by atoms with E-state index in [9.17, 15) is 10.1 Å². The van der Waals surface area contributed by atoms with Crippen LogP contribution < -0.4 is 0 Å². The molecule has 0 heterocycles. The van der Waals surface area contributed by atoms with Gasteiger partial charge in [0.15, 0.2) is 0 Å². The number of rotatable bonds is 2. The quantitative estimate of drug-likeness (QED) is 0.341. The molecule has 3 nitrogen and oxygen atoms in total. The van der Waals surface area contributed by atoms with Gasteiger partial charge in [-0.2, -0.15) is 0 Å². The van der Waals surface area contributed by atoms with Crippen molar-refractivity contribution in [3.63, 3.8) is 0 Å². The maximum absolute atomic E-state index is 10.7. The van der Waals surface area contributed by atoms with E-state index in [1.165, 1.54) is 6.07 Å². The first-order chi connectivity index (χ1) is 7.40. The molecule has 0 N–H and O–H groups in total. The number of nitro benzene ring substituents is 1. The maximum atomic E-state index is 10.7. The summed E-state index contributed by atoms with van der Waals surface area (Å²) in [6, 6.07) is 6.76. The standard InChI is InChI=1S/C12H15NO2Si/c1-16(2,3)10-6-8-11-7-4-5-9-12(11)13(14)15/h4-5,7,9H,8H2,1-3H3. The van der Waals surface area contributed by atoms with Crippen molar-refractivity contribution in [2.24, 2.45) is 0 Å². The fourth-order valence-corrected chi connectivity index (χ4v) is 1.86. The molecule has 1 aromatic rings. The van der Waals surface area contributed by atoms with Crippen LogP contribution in [0.1, 0.15) is 5.56 Å². The molecule has 1 aromatic carbocycles. The summed E-state index contributed by atoms with van der Waals surface area (Å²) in [5.41, 5.74) is 4.06. The SMILES string of the molecule is C[Si](C)(C)C#CCc1ccccc1[N+](=O)[O-]. The second-order valence-corrected chi connectivity index (χ2v) is 9.36. The van der Waals surface area contributed by atoms with E-state index in [2.05, 4.69) is 31.1 Å². The van der Waals surface area contributed by atoms with Crippen molar-refractivity contribution in [1.29, 1.82) is 0 Å². The minimum Gasteiger partial charge on any atom is -0.258 e.